The largest absolute Gasteiger partial charge is 0.328 e. The first-order valence-corrected chi connectivity index (χ1v) is 8.09. The molecule has 0 amide bonds. The molecule has 0 aromatic rings. The summed E-state index contributed by atoms with van der Waals surface area (Å²) >= 11 is 0. The molecule has 0 aromatic heterocycles. The molecule has 3 atom stereocenters. The van der Waals surface area contributed by atoms with Crippen LogP contribution in [0.5, 0.6) is 0 Å². The van der Waals surface area contributed by atoms with Crippen molar-refractivity contribution in [2.45, 2.75) is 98.7 Å². The van der Waals surface area contributed by atoms with Gasteiger partial charge in [-0.15, -0.1) is 0 Å². The van der Waals surface area contributed by atoms with Crippen LogP contribution in [-0.4, -0.2) is 17.6 Å². The second kappa shape index (κ2) is 7.64. The summed E-state index contributed by atoms with van der Waals surface area (Å²) in [6, 6.07) is 0.842. The minimum atomic E-state index is 0.169. The van der Waals surface area contributed by atoms with Crippen LogP contribution in [0.4, 0.5) is 0 Å². The lowest BCUT2D eigenvalue weighted by atomic mass is 9.76. The Labute approximate surface area is 121 Å². The first kappa shape index (κ1) is 18.9. The maximum Gasteiger partial charge on any atom is 0.0167 e. The van der Waals surface area contributed by atoms with Gasteiger partial charge in [0.15, 0.2) is 0 Å². The molecule has 0 aliphatic heterocycles. The average Bonchev–Trinajstić information content (AvgIpc) is 2.27. The molecule has 0 rings (SSSR count). The molecule has 0 bridgehead atoms. The van der Waals surface area contributed by atoms with Gasteiger partial charge < -0.3 is 11.1 Å². The highest BCUT2D eigenvalue weighted by Crippen LogP contribution is 2.32. The van der Waals surface area contributed by atoms with Crippen LogP contribution < -0.4 is 11.1 Å². The van der Waals surface area contributed by atoms with Gasteiger partial charge in [-0.2, -0.15) is 0 Å². The average molecular weight is 271 g/mol. The van der Waals surface area contributed by atoms with Gasteiger partial charge >= 0.3 is 0 Å². The third-order valence-corrected chi connectivity index (χ3v) is 5.01. The topological polar surface area (TPSA) is 38.0 Å². The fourth-order valence-corrected chi connectivity index (χ4v) is 2.70. The van der Waals surface area contributed by atoms with Crippen molar-refractivity contribution in [3.8, 4) is 0 Å². The summed E-state index contributed by atoms with van der Waals surface area (Å²) in [6.45, 7) is 18.4. The molecule has 2 heteroatoms. The number of nitrogens with two attached hydrogens (primary N) is 1. The van der Waals surface area contributed by atoms with Crippen LogP contribution >= 0.6 is 0 Å². The number of hydrogen-bond acceptors (Lipinski definition) is 2. The summed E-state index contributed by atoms with van der Waals surface area (Å²) in [7, 11) is 0. The summed E-state index contributed by atoms with van der Waals surface area (Å²) in [6.07, 6.45) is 4.46. The molecule has 0 aromatic carbocycles. The second-order valence-electron chi connectivity index (χ2n) is 7.68. The van der Waals surface area contributed by atoms with E-state index in [0.29, 0.717) is 23.4 Å². The molecule has 0 saturated heterocycles. The first-order valence-electron chi connectivity index (χ1n) is 8.09. The minimum absolute atomic E-state index is 0.169. The zero-order valence-electron chi connectivity index (χ0n) is 14.6. The first-order chi connectivity index (χ1) is 8.56. The Hall–Kier alpha value is -0.0800. The second-order valence-corrected chi connectivity index (χ2v) is 7.68. The summed E-state index contributed by atoms with van der Waals surface area (Å²) in [4.78, 5) is 0. The van der Waals surface area contributed by atoms with Gasteiger partial charge in [0, 0.05) is 17.6 Å². The summed E-state index contributed by atoms with van der Waals surface area (Å²) in [5.74, 6) is 0.711. The van der Waals surface area contributed by atoms with E-state index in [1.165, 1.54) is 6.42 Å². The summed E-state index contributed by atoms with van der Waals surface area (Å²) in [5.41, 5.74) is 6.70. The summed E-state index contributed by atoms with van der Waals surface area (Å²) < 4.78 is 0. The van der Waals surface area contributed by atoms with Gasteiger partial charge in [-0.25, -0.2) is 0 Å². The van der Waals surface area contributed by atoms with E-state index in [4.69, 9.17) is 5.73 Å². The van der Waals surface area contributed by atoms with Crippen molar-refractivity contribution in [1.29, 1.82) is 0 Å². The third kappa shape index (κ3) is 6.76. The lowest BCUT2D eigenvalue weighted by Gasteiger charge is -2.39. The van der Waals surface area contributed by atoms with Crippen LogP contribution in [0.2, 0.25) is 0 Å². The van der Waals surface area contributed by atoms with Crippen LogP contribution in [0.25, 0.3) is 0 Å². The molecular formula is C17H38N2. The smallest absolute Gasteiger partial charge is 0.0167 e. The predicted molar refractivity (Wildman–Crippen MR) is 87.4 cm³/mol. The van der Waals surface area contributed by atoms with Gasteiger partial charge in [-0.05, 0) is 50.9 Å². The monoisotopic (exact) mass is 270 g/mol. The predicted octanol–water partition coefficient (Wildman–Crippen LogP) is 4.33. The van der Waals surface area contributed by atoms with Crippen LogP contribution in [0.1, 0.15) is 81.1 Å². The maximum absolute atomic E-state index is 6.15. The van der Waals surface area contributed by atoms with Crippen molar-refractivity contribution in [3.63, 3.8) is 0 Å². The number of rotatable bonds is 9. The molecule has 0 aliphatic carbocycles. The zero-order chi connectivity index (χ0) is 15.3. The van der Waals surface area contributed by atoms with E-state index in [2.05, 4.69) is 60.7 Å². The minimum Gasteiger partial charge on any atom is -0.328 e. The highest BCUT2D eigenvalue weighted by molar-refractivity contribution is 4.89. The Morgan fingerprint density at radius 2 is 1.53 bits per heavy atom. The van der Waals surface area contributed by atoms with Crippen LogP contribution in [0, 0.1) is 11.3 Å². The highest BCUT2D eigenvalue weighted by Gasteiger charge is 2.30. The van der Waals surface area contributed by atoms with E-state index < -0.39 is 0 Å². The molecule has 0 saturated carbocycles. The lowest BCUT2D eigenvalue weighted by Crippen LogP contribution is -2.51. The van der Waals surface area contributed by atoms with E-state index in [0.717, 1.165) is 19.3 Å². The van der Waals surface area contributed by atoms with E-state index in [1.807, 2.05) is 0 Å². The molecule has 2 nitrogen and oxygen atoms in total. The van der Waals surface area contributed by atoms with Crippen LogP contribution in [0.3, 0.4) is 0 Å². The van der Waals surface area contributed by atoms with Gasteiger partial charge in [0.05, 0.1) is 0 Å². The maximum atomic E-state index is 6.15. The molecular weight excluding hydrogens is 232 g/mol. The van der Waals surface area contributed by atoms with Crippen molar-refractivity contribution in [2.24, 2.45) is 17.1 Å². The molecule has 0 fully saturated rings. The quantitative estimate of drug-likeness (QED) is 0.654. The van der Waals surface area contributed by atoms with Gasteiger partial charge in [0.1, 0.15) is 0 Å². The Balaban J connectivity index is 4.53. The van der Waals surface area contributed by atoms with Gasteiger partial charge in [-0.3, -0.25) is 0 Å². The summed E-state index contributed by atoms with van der Waals surface area (Å²) in [5, 5.41) is 3.84. The Bertz CT molecular complexity index is 248. The molecule has 19 heavy (non-hydrogen) atoms. The Morgan fingerprint density at radius 1 is 1.00 bits per heavy atom. The van der Waals surface area contributed by atoms with Gasteiger partial charge in [0.2, 0.25) is 0 Å². The standard InChI is InChI=1S/C17H38N2/c1-9-15(18)12-17(8,10-2)19-14(5)11-16(6,7)13(3)4/h13-15,19H,9-12,18H2,1-8H3. The third-order valence-electron chi connectivity index (χ3n) is 5.01. The SMILES string of the molecule is CCC(N)CC(C)(CC)NC(C)CC(C)(C)C(C)C. The lowest BCUT2D eigenvalue weighted by molar-refractivity contribution is 0.174. The van der Waals surface area contributed by atoms with Gasteiger partial charge in [-0.1, -0.05) is 41.5 Å². The van der Waals surface area contributed by atoms with Crippen molar-refractivity contribution in [3.05, 3.63) is 0 Å². The fourth-order valence-electron chi connectivity index (χ4n) is 2.70. The number of nitrogens with one attached hydrogen (secondary N) is 1. The fraction of sp³-hybridized carbons (Fsp3) is 1.00. The van der Waals surface area contributed by atoms with Gasteiger partial charge in [0.25, 0.3) is 0 Å². The molecule has 0 spiro atoms. The zero-order valence-corrected chi connectivity index (χ0v) is 14.6. The van der Waals surface area contributed by atoms with Crippen molar-refractivity contribution < 1.29 is 0 Å². The Morgan fingerprint density at radius 3 is 1.89 bits per heavy atom. The van der Waals surface area contributed by atoms with E-state index >= 15 is 0 Å². The van der Waals surface area contributed by atoms with Crippen molar-refractivity contribution in [1.82, 2.24) is 5.32 Å². The van der Waals surface area contributed by atoms with Crippen LogP contribution in [-0.2, 0) is 0 Å². The molecule has 3 N–H and O–H groups in total. The molecule has 0 aliphatic rings. The van der Waals surface area contributed by atoms with Crippen molar-refractivity contribution >= 4 is 0 Å². The molecule has 0 radical (unpaired) electrons. The van der Waals surface area contributed by atoms with E-state index in [-0.39, 0.29) is 5.54 Å². The van der Waals surface area contributed by atoms with E-state index in [9.17, 15) is 0 Å². The Kier molecular flexibility index (Phi) is 7.60. The van der Waals surface area contributed by atoms with Crippen LogP contribution in [0.15, 0.2) is 0 Å². The van der Waals surface area contributed by atoms with E-state index in [1.54, 1.807) is 0 Å². The normalized spacial score (nSPS) is 19.3. The molecule has 3 unspecified atom stereocenters. The number of hydrogen-bond donors (Lipinski definition) is 2. The van der Waals surface area contributed by atoms with Crippen molar-refractivity contribution in [2.75, 3.05) is 0 Å². The molecule has 116 valence electrons. The highest BCUT2D eigenvalue weighted by atomic mass is 15.0. The molecule has 0 heterocycles.